The van der Waals surface area contributed by atoms with Gasteiger partial charge in [0.25, 0.3) is 0 Å². The molecule has 0 amide bonds. The summed E-state index contributed by atoms with van der Waals surface area (Å²) in [6.45, 7) is 4.41. The van der Waals surface area contributed by atoms with E-state index < -0.39 is 0 Å². The second-order valence-corrected chi connectivity index (χ2v) is 8.74. The Kier molecular flexibility index (Phi) is 3.83. The summed E-state index contributed by atoms with van der Waals surface area (Å²) in [7, 11) is 0. The van der Waals surface area contributed by atoms with E-state index in [4.69, 9.17) is 0 Å². The minimum absolute atomic E-state index is 1.00. The van der Waals surface area contributed by atoms with Crippen molar-refractivity contribution in [1.82, 2.24) is 0 Å². The Hall–Kier alpha value is -3.38. The highest BCUT2D eigenvalue weighted by Gasteiger charge is 2.28. The van der Waals surface area contributed by atoms with Crippen LogP contribution in [0.1, 0.15) is 55.6 Å². The van der Waals surface area contributed by atoms with Crippen molar-refractivity contribution in [3.05, 3.63) is 141 Å². The van der Waals surface area contributed by atoms with Crippen molar-refractivity contribution >= 4 is 11.1 Å². The first-order valence-corrected chi connectivity index (χ1v) is 10.8. The fourth-order valence-electron chi connectivity index (χ4n) is 5.23. The molecule has 4 aromatic carbocycles. The molecule has 0 fully saturated rings. The molecule has 0 unspecified atom stereocenters. The fraction of sp³-hybridized carbons (Fsp3) is 0.133. The topological polar surface area (TPSA) is 0 Å². The molecule has 0 saturated heterocycles. The molecular weight excluding hydrogens is 360 g/mol. The van der Waals surface area contributed by atoms with Gasteiger partial charge in [-0.05, 0) is 82.3 Å². The first kappa shape index (κ1) is 17.5. The maximum Gasteiger partial charge on any atom is -0.00134 e. The molecule has 0 aromatic heterocycles. The van der Waals surface area contributed by atoms with E-state index in [0.717, 1.165) is 12.8 Å². The molecule has 2 aliphatic carbocycles. The summed E-state index contributed by atoms with van der Waals surface area (Å²) in [5, 5.41) is 0. The van der Waals surface area contributed by atoms with E-state index in [1.165, 1.54) is 66.8 Å². The Morgan fingerprint density at radius 2 is 0.833 bits per heavy atom. The maximum absolute atomic E-state index is 2.39. The smallest absolute Gasteiger partial charge is 0.00134 e. The number of benzene rings is 4. The molecule has 0 aliphatic heterocycles. The number of rotatable bonds is 0. The van der Waals surface area contributed by atoms with Crippen molar-refractivity contribution in [3.8, 4) is 0 Å². The van der Waals surface area contributed by atoms with Crippen LogP contribution in [0.15, 0.2) is 84.9 Å². The van der Waals surface area contributed by atoms with Crippen LogP contribution in [-0.2, 0) is 12.8 Å². The molecule has 30 heavy (non-hydrogen) atoms. The summed E-state index contributed by atoms with van der Waals surface area (Å²) in [6, 6.07) is 31.9. The van der Waals surface area contributed by atoms with Gasteiger partial charge >= 0.3 is 0 Å². The van der Waals surface area contributed by atoms with Gasteiger partial charge in [-0.25, -0.2) is 0 Å². The standard InChI is InChI=1S/C30H24/c1-19-11-13-23-17-21-7-3-5-9-25(21)29(27(23)15-19)30-26-10-6-4-8-22(26)18-24-14-12-20(2)16-28(24)30/h3-16H,17-18H2,1-2H3/b30-29-. The van der Waals surface area contributed by atoms with Crippen LogP contribution in [-0.4, -0.2) is 0 Å². The molecule has 0 spiro atoms. The lowest BCUT2D eigenvalue weighted by atomic mass is 9.73. The van der Waals surface area contributed by atoms with Crippen LogP contribution in [0.2, 0.25) is 0 Å². The molecule has 0 nitrogen and oxygen atoms in total. The van der Waals surface area contributed by atoms with Gasteiger partial charge in [-0.1, -0.05) is 96.1 Å². The summed E-state index contributed by atoms with van der Waals surface area (Å²) in [5.74, 6) is 0. The fourth-order valence-corrected chi connectivity index (χ4v) is 5.23. The van der Waals surface area contributed by atoms with Gasteiger partial charge in [-0.3, -0.25) is 0 Å². The highest BCUT2D eigenvalue weighted by molar-refractivity contribution is 6.08. The van der Waals surface area contributed by atoms with Gasteiger partial charge in [0.1, 0.15) is 0 Å². The average Bonchev–Trinajstić information content (AvgIpc) is 2.76. The van der Waals surface area contributed by atoms with Crippen LogP contribution < -0.4 is 0 Å². The lowest BCUT2D eigenvalue weighted by molar-refractivity contribution is 1.11. The van der Waals surface area contributed by atoms with Crippen LogP contribution in [0.4, 0.5) is 0 Å². The molecule has 6 rings (SSSR count). The van der Waals surface area contributed by atoms with Crippen molar-refractivity contribution in [2.24, 2.45) is 0 Å². The van der Waals surface area contributed by atoms with E-state index in [0.29, 0.717) is 0 Å². The Morgan fingerprint density at radius 1 is 0.433 bits per heavy atom. The van der Waals surface area contributed by atoms with Crippen molar-refractivity contribution in [2.45, 2.75) is 26.7 Å². The Balaban J connectivity index is 1.80. The minimum Gasteiger partial charge on any atom is -0.0619 e. The van der Waals surface area contributed by atoms with Crippen molar-refractivity contribution < 1.29 is 0 Å². The quantitative estimate of drug-likeness (QED) is 0.261. The highest BCUT2D eigenvalue weighted by Crippen LogP contribution is 2.46. The molecule has 2 aliphatic rings. The van der Waals surface area contributed by atoms with Crippen molar-refractivity contribution in [2.75, 3.05) is 0 Å². The van der Waals surface area contributed by atoms with E-state index in [9.17, 15) is 0 Å². The number of aryl methyl sites for hydroxylation is 2. The van der Waals surface area contributed by atoms with Gasteiger partial charge in [-0.2, -0.15) is 0 Å². The second-order valence-electron chi connectivity index (χ2n) is 8.74. The van der Waals surface area contributed by atoms with Crippen molar-refractivity contribution in [3.63, 3.8) is 0 Å². The van der Waals surface area contributed by atoms with E-state index in [-0.39, 0.29) is 0 Å². The Bertz CT molecular complexity index is 1250. The van der Waals surface area contributed by atoms with Gasteiger partial charge in [0.15, 0.2) is 0 Å². The molecule has 0 bridgehead atoms. The number of hydrogen-bond donors (Lipinski definition) is 0. The molecular formula is C30H24. The van der Waals surface area contributed by atoms with Gasteiger partial charge in [0.2, 0.25) is 0 Å². The zero-order valence-electron chi connectivity index (χ0n) is 17.5. The normalized spacial score (nSPS) is 16.3. The van der Waals surface area contributed by atoms with Crippen LogP contribution in [0.5, 0.6) is 0 Å². The molecule has 0 N–H and O–H groups in total. The third-order valence-electron chi connectivity index (χ3n) is 6.65. The monoisotopic (exact) mass is 384 g/mol. The summed E-state index contributed by atoms with van der Waals surface area (Å²) in [6.07, 6.45) is 2.01. The molecule has 0 saturated carbocycles. The molecule has 0 heteroatoms. The van der Waals surface area contributed by atoms with Crippen LogP contribution in [0, 0.1) is 13.8 Å². The third-order valence-corrected chi connectivity index (χ3v) is 6.65. The molecule has 0 heterocycles. The number of hydrogen-bond acceptors (Lipinski definition) is 0. The Labute approximate surface area is 178 Å². The van der Waals surface area contributed by atoms with Crippen LogP contribution in [0.25, 0.3) is 11.1 Å². The minimum atomic E-state index is 1.00. The van der Waals surface area contributed by atoms with Crippen LogP contribution in [0.3, 0.4) is 0 Å². The van der Waals surface area contributed by atoms with E-state index in [2.05, 4.69) is 98.8 Å². The zero-order chi connectivity index (χ0) is 20.2. The van der Waals surface area contributed by atoms with E-state index in [1.54, 1.807) is 0 Å². The van der Waals surface area contributed by atoms with Crippen molar-refractivity contribution in [1.29, 1.82) is 0 Å². The predicted molar refractivity (Wildman–Crippen MR) is 126 cm³/mol. The maximum atomic E-state index is 2.39. The van der Waals surface area contributed by atoms with Gasteiger partial charge in [-0.15, -0.1) is 0 Å². The van der Waals surface area contributed by atoms with E-state index in [1.807, 2.05) is 0 Å². The molecule has 144 valence electrons. The lowest BCUT2D eigenvalue weighted by Crippen LogP contribution is -2.13. The number of fused-ring (bicyclic) bond motifs is 4. The average molecular weight is 385 g/mol. The van der Waals surface area contributed by atoms with Gasteiger partial charge in [0, 0.05) is 0 Å². The summed E-state index contributed by atoms with van der Waals surface area (Å²) in [5.41, 5.74) is 16.7. The molecule has 0 atom stereocenters. The summed E-state index contributed by atoms with van der Waals surface area (Å²) < 4.78 is 0. The SMILES string of the molecule is Cc1ccc2c(c1)/C(=C1/c3ccccc3Cc3ccc(C)cc31)c1ccccc1C2. The van der Waals surface area contributed by atoms with E-state index >= 15 is 0 Å². The second kappa shape index (κ2) is 6.57. The molecule has 0 radical (unpaired) electrons. The Morgan fingerprint density at radius 3 is 1.30 bits per heavy atom. The molecule has 4 aromatic rings. The zero-order valence-corrected chi connectivity index (χ0v) is 17.5. The van der Waals surface area contributed by atoms with Crippen LogP contribution >= 0.6 is 0 Å². The lowest BCUT2D eigenvalue weighted by Gasteiger charge is -2.30. The highest BCUT2D eigenvalue weighted by atomic mass is 14.3. The first-order chi connectivity index (χ1) is 14.7. The summed E-state index contributed by atoms with van der Waals surface area (Å²) in [4.78, 5) is 0. The largest absolute Gasteiger partial charge is 0.0619 e. The first-order valence-electron chi connectivity index (χ1n) is 10.8. The van der Waals surface area contributed by atoms with Gasteiger partial charge in [0.05, 0.1) is 0 Å². The predicted octanol–water partition coefficient (Wildman–Crippen LogP) is 7.12. The summed E-state index contributed by atoms with van der Waals surface area (Å²) >= 11 is 0. The van der Waals surface area contributed by atoms with Gasteiger partial charge < -0.3 is 0 Å². The third kappa shape index (κ3) is 2.60.